The molecule has 0 saturated carbocycles. The van der Waals surface area contributed by atoms with Crippen molar-refractivity contribution in [3.8, 4) is 0 Å². The van der Waals surface area contributed by atoms with E-state index in [4.69, 9.17) is 16.3 Å². The van der Waals surface area contributed by atoms with Gasteiger partial charge in [-0.05, 0) is 32.8 Å². The second kappa shape index (κ2) is 10.7. The molecule has 0 aliphatic heterocycles. The SMILES string of the molecule is CC.CC(C)(C)OC(=O)N[C@@H](Cc1ccc([N+](=O)[O-])cc1)C(=O)CCl. The van der Waals surface area contributed by atoms with Crippen molar-refractivity contribution in [1.82, 2.24) is 5.32 Å². The number of non-ortho nitro benzene ring substituents is 1. The summed E-state index contributed by atoms with van der Waals surface area (Å²) in [5.74, 6) is -0.621. The van der Waals surface area contributed by atoms with Gasteiger partial charge in [0.15, 0.2) is 5.78 Å². The Morgan fingerprint density at radius 1 is 1.24 bits per heavy atom. The van der Waals surface area contributed by atoms with Gasteiger partial charge in [-0.2, -0.15) is 0 Å². The highest BCUT2D eigenvalue weighted by atomic mass is 35.5. The minimum atomic E-state index is -0.858. The van der Waals surface area contributed by atoms with Gasteiger partial charge in [0.05, 0.1) is 16.8 Å². The Bertz CT molecular complexity index is 582. The van der Waals surface area contributed by atoms with E-state index in [1.807, 2.05) is 13.8 Å². The van der Waals surface area contributed by atoms with E-state index in [1.54, 1.807) is 20.8 Å². The van der Waals surface area contributed by atoms with Crippen LogP contribution in [0.4, 0.5) is 10.5 Å². The van der Waals surface area contributed by atoms with E-state index in [-0.39, 0.29) is 23.8 Å². The minimum Gasteiger partial charge on any atom is -0.444 e. The molecule has 1 aromatic carbocycles. The van der Waals surface area contributed by atoms with Crippen molar-refractivity contribution < 1.29 is 19.2 Å². The number of ketones is 1. The zero-order valence-corrected chi connectivity index (χ0v) is 15.9. The van der Waals surface area contributed by atoms with Crippen LogP contribution in [0.1, 0.15) is 40.2 Å². The number of nitro benzene ring substituents is 1. The van der Waals surface area contributed by atoms with Crippen LogP contribution in [0.2, 0.25) is 0 Å². The molecule has 25 heavy (non-hydrogen) atoms. The molecule has 0 spiro atoms. The lowest BCUT2D eigenvalue weighted by atomic mass is 10.0. The van der Waals surface area contributed by atoms with Crippen LogP contribution in [0.3, 0.4) is 0 Å². The van der Waals surface area contributed by atoms with Gasteiger partial charge in [-0.3, -0.25) is 14.9 Å². The monoisotopic (exact) mass is 372 g/mol. The number of carbonyl (C=O) groups is 2. The summed E-state index contributed by atoms with van der Waals surface area (Å²) in [5, 5.41) is 13.1. The first-order valence-electron chi connectivity index (χ1n) is 7.94. The summed E-state index contributed by atoms with van der Waals surface area (Å²) in [7, 11) is 0. The van der Waals surface area contributed by atoms with Crippen molar-refractivity contribution in [2.75, 3.05) is 5.88 Å². The highest BCUT2D eigenvalue weighted by Crippen LogP contribution is 2.14. The Labute approximate surface area is 152 Å². The van der Waals surface area contributed by atoms with Gasteiger partial charge in [-0.1, -0.05) is 26.0 Å². The molecule has 1 atom stereocenters. The normalized spacial score (nSPS) is 11.6. The molecule has 0 bridgehead atoms. The van der Waals surface area contributed by atoms with Crippen LogP contribution in [0.5, 0.6) is 0 Å². The molecule has 0 aliphatic carbocycles. The molecule has 1 amide bonds. The number of halogens is 1. The number of alkyl halides is 1. The predicted octanol–water partition coefficient (Wildman–Crippen LogP) is 3.86. The van der Waals surface area contributed by atoms with Gasteiger partial charge in [-0.25, -0.2) is 4.79 Å². The van der Waals surface area contributed by atoms with Crippen LogP contribution in [-0.2, 0) is 16.0 Å². The molecule has 0 aromatic heterocycles. The number of ether oxygens (including phenoxy) is 1. The number of nitrogens with one attached hydrogen (secondary N) is 1. The van der Waals surface area contributed by atoms with Crippen LogP contribution < -0.4 is 5.32 Å². The van der Waals surface area contributed by atoms with Gasteiger partial charge in [0.25, 0.3) is 5.69 Å². The van der Waals surface area contributed by atoms with E-state index < -0.39 is 22.7 Å². The van der Waals surface area contributed by atoms with E-state index in [2.05, 4.69) is 5.32 Å². The van der Waals surface area contributed by atoms with Gasteiger partial charge < -0.3 is 10.1 Å². The minimum absolute atomic E-state index is 0.0472. The summed E-state index contributed by atoms with van der Waals surface area (Å²) in [4.78, 5) is 33.8. The number of carbonyl (C=O) groups excluding carboxylic acids is 2. The third-order valence-corrected chi connectivity index (χ3v) is 3.06. The number of rotatable bonds is 6. The van der Waals surface area contributed by atoms with Crippen molar-refractivity contribution in [2.45, 2.75) is 52.7 Å². The van der Waals surface area contributed by atoms with Crippen LogP contribution in [0, 0.1) is 10.1 Å². The van der Waals surface area contributed by atoms with E-state index in [0.29, 0.717) is 5.56 Å². The summed E-state index contributed by atoms with van der Waals surface area (Å²) in [5.41, 5.74) is -0.0735. The van der Waals surface area contributed by atoms with Crippen molar-refractivity contribution in [2.24, 2.45) is 0 Å². The molecule has 0 unspecified atom stereocenters. The number of hydrogen-bond donors (Lipinski definition) is 1. The zero-order valence-electron chi connectivity index (χ0n) is 15.2. The van der Waals surface area contributed by atoms with Gasteiger partial charge in [0.1, 0.15) is 5.60 Å². The highest BCUT2D eigenvalue weighted by molar-refractivity contribution is 6.28. The molecule has 0 saturated heterocycles. The molecule has 0 fully saturated rings. The maximum atomic E-state index is 11.9. The number of Topliss-reactive ketones (excluding diaryl/α,β-unsaturated/α-hetero) is 1. The first-order valence-corrected chi connectivity index (χ1v) is 8.47. The van der Waals surface area contributed by atoms with Crippen LogP contribution in [0.25, 0.3) is 0 Å². The summed E-state index contributed by atoms with van der Waals surface area (Å²) in [6, 6.07) is 4.88. The maximum Gasteiger partial charge on any atom is 0.408 e. The summed E-state index contributed by atoms with van der Waals surface area (Å²) < 4.78 is 5.12. The Kier molecular flexibility index (Phi) is 9.74. The standard InChI is InChI=1S/C15H19ClN2O5.C2H6/c1-15(2,3)23-14(20)17-12(13(19)9-16)8-10-4-6-11(7-5-10)18(21)22;1-2/h4-7,12H,8-9H2,1-3H3,(H,17,20);1-2H3/t12-;/m0./s1. The number of amides is 1. The molecule has 0 aliphatic rings. The lowest BCUT2D eigenvalue weighted by Gasteiger charge is -2.22. The number of benzene rings is 1. The van der Waals surface area contributed by atoms with Crippen molar-refractivity contribution in [3.05, 3.63) is 39.9 Å². The topological polar surface area (TPSA) is 98.5 Å². The lowest BCUT2D eigenvalue weighted by molar-refractivity contribution is -0.384. The fourth-order valence-corrected chi connectivity index (χ4v) is 1.96. The maximum absolute atomic E-state index is 11.9. The number of alkyl carbamates (subject to hydrolysis) is 1. The third-order valence-electron chi connectivity index (χ3n) is 2.80. The van der Waals surface area contributed by atoms with Crippen molar-refractivity contribution in [1.29, 1.82) is 0 Å². The van der Waals surface area contributed by atoms with E-state index in [9.17, 15) is 19.7 Å². The average Bonchev–Trinajstić information content (AvgIpc) is 2.54. The second-order valence-corrected chi connectivity index (χ2v) is 6.19. The average molecular weight is 373 g/mol. The Hall–Kier alpha value is -2.15. The molecule has 140 valence electrons. The molecule has 0 heterocycles. The molecule has 7 nitrogen and oxygen atoms in total. The molecule has 8 heteroatoms. The Morgan fingerprint density at radius 2 is 1.76 bits per heavy atom. The van der Waals surface area contributed by atoms with Gasteiger partial charge in [-0.15, -0.1) is 11.6 Å². The largest absolute Gasteiger partial charge is 0.444 e. The van der Waals surface area contributed by atoms with Gasteiger partial charge in [0.2, 0.25) is 0 Å². The van der Waals surface area contributed by atoms with Crippen molar-refractivity contribution in [3.63, 3.8) is 0 Å². The van der Waals surface area contributed by atoms with E-state index in [1.165, 1.54) is 24.3 Å². The summed E-state index contributed by atoms with van der Waals surface area (Å²) >= 11 is 5.57. The summed E-state index contributed by atoms with van der Waals surface area (Å²) in [6.45, 7) is 9.13. The number of hydrogen-bond acceptors (Lipinski definition) is 5. The smallest absolute Gasteiger partial charge is 0.408 e. The third kappa shape index (κ3) is 9.05. The quantitative estimate of drug-likeness (QED) is 0.464. The second-order valence-electron chi connectivity index (χ2n) is 5.93. The Morgan fingerprint density at radius 3 is 2.16 bits per heavy atom. The Balaban J connectivity index is 0.00000277. The molecular formula is C17H25ClN2O5. The molecule has 1 rings (SSSR count). The molecule has 1 N–H and O–H groups in total. The van der Waals surface area contributed by atoms with Gasteiger partial charge in [0, 0.05) is 12.1 Å². The van der Waals surface area contributed by atoms with Crippen molar-refractivity contribution >= 4 is 29.2 Å². The number of nitro groups is 1. The molecule has 1 aromatic rings. The van der Waals surface area contributed by atoms with E-state index in [0.717, 1.165) is 0 Å². The highest BCUT2D eigenvalue weighted by Gasteiger charge is 2.24. The van der Waals surface area contributed by atoms with Gasteiger partial charge >= 0.3 is 6.09 Å². The molecule has 0 radical (unpaired) electrons. The summed E-state index contributed by atoms with van der Waals surface area (Å²) in [6.07, 6.45) is -0.550. The fourth-order valence-electron chi connectivity index (χ4n) is 1.78. The van der Waals surface area contributed by atoms with Crippen LogP contribution in [0.15, 0.2) is 24.3 Å². The molecular weight excluding hydrogens is 348 g/mol. The van der Waals surface area contributed by atoms with Crippen LogP contribution in [-0.4, -0.2) is 34.3 Å². The predicted molar refractivity (Wildman–Crippen MR) is 97.0 cm³/mol. The van der Waals surface area contributed by atoms with Crippen LogP contribution >= 0.6 is 11.6 Å². The number of nitrogens with zero attached hydrogens (tertiary/aromatic N) is 1. The van der Waals surface area contributed by atoms with E-state index >= 15 is 0 Å². The zero-order chi connectivity index (χ0) is 19.6. The lowest BCUT2D eigenvalue weighted by Crippen LogP contribution is -2.45. The first-order chi connectivity index (χ1) is 11.6. The fraction of sp³-hybridized carbons (Fsp3) is 0.529. The first kappa shape index (κ1) is 22.9.